The summed E-state index contributed by atoms with van der Waals surface area (Å²) < 4.78 is 0. The fraction of sp³-hybridized carbons (Fsp3) is 0.406. The van der Waals surface area contributed by atoms with Gasteiger partial charge in [-0.2, -0.15) is 5.10 Å². The lowest BCUT2D eigenvalue weighted by Gasteiger charge is -2.30. The van der Waals surface area contributed by atoms with Crippen LogP contribution in [0.2, 0.25) is 0 Å². The van der Waals surface area contributed by atoms with E-state index >= 15 is 0 Å². The number of aromatic amines is 1. The van der Waals surface area contributed by atoms with E-state index in [0.29, 0.717) is 29.4 Å². The highest BCUT2D eigenvalue weighted by Crippen LogP contribution is 2.29. The van der Waals surface area contributed by atoms with Gasteiger partial charge in [-0.15, -0.1) is 0 Å². The maximum atomic E-state index is 13.2. The molecule has 6 rings (SSSR count). The molecule has 0 spiro atoms. The highest BCUT2D eigenvalue weighted by Gasteiger charge is 2.21. The molecule has 4 aromatic rings. The maximum absolute atomic E-state index is 13.2. The van der Waals surface area contributed by atoms with Crippen molar-refractivity contribution >= 4 is 28.3 Å². The summed E-state index contributed by atoms with van der Waals surface area (Å²) in [5.41, 5.74) is 5.26. The number of piperidine rings is 1. The third kappa shape index (κ3) is 5.97. The minimum absolute atomic E-state index is 0.0692. The smallest absolute Gasteiger partial charge is 0.276 e. The van der Waals surface area contributed by atoms with E-state index < -0.39 is 0 Å². The topological polar surface area (TPSA) is 104 Å². The van der Waals surface area contributed by atoms with Crippen LogP contribution in [-0.4, -0.2) is 49.8 Å². The summed E-state index contributed by atoms with van der Waals surface area (Å²) >= 11 is 0. The number of nitrogens with zero attached hydrogens (tertiary/aromatic N) is 4. The summed E-state index contributed by atoms with van der Waals surface area (Å²) in [6, 6.07) is 11.6. The molecule has 2 fully saturated rings. The third-order valence-electron chi connectivity index (χ3n) is 8.44. The zero-order valence-electron chi connectivity index (χ0n) is 23.0. The van der Waals surface area contributed by atoms with Crippen LogP contribution in [-0.2, 0) is 6.54 Å². The van der Waals surface area contributed by atoms with E-state index in [2.05, 4.69) is 43.4 Å². The van der Waals surface area contributed by atoms with Crippen molar-refractivity contribution in [2.45, 2.75) is 58.4 Å². The van der Waals surface area contributed by atoms with Gasteiger partial charge in [0.15, 0.2) is 11.5 Å². The summed E-state index contributed by atoms with van der Waals surface area (Å²) in [6.07, 6.45) is 13.1. The van der Waals surface area contributed by atoms with Gasteiger partial charge in [0.1, 0.15) is 5.69 Å². The van der Waals surface area contributed by atoms with Crippen LogP contribution >= 0.6 is 0 Å². The van der Waals surface area contributed by atoms with Gasteiger partial charge in [-0.25, -0.2) is 0 Å². The first kappa shape index (κ1) is 26.3. The van der Waals surface area contributed by atoms with Crippen molar-refractivity contribution in [3.8, 4) is 11.1 Å². The molecule has 40 heavy (non-hydrogen) atoms. The number of carbonyl (C=O) groups is 2. The molecule has 0 radical (unpaired) electrons. The van der Waals surface area contributed by atoms with E-state index in [9.17, 15) is 9.59 Å². The number of carbonyl (C=O) groups excluding carboxylic acids is 2. The number of amides is 1. The van der Waals surface area contributed by atoms with Crippen molar-refractivity contribution in [1.29, 1.82) is 0 Å². The Balaban J connectivity index is 1.15. The van der Waals surface area contributed by atoms with Gasteiger partial charge in [-0.05, 0) is 79.2 Å². The summed E-state index contributed by atoms with van der Waals surface area (Å²) in [7, 11) is 0. The van der Waals surface area contributed by atoms with Crippen LogP contribution in [0.5, 0.6) is 0 Å². The zero-order valence-corrected chi connectivity index (χ0v) is 23.0. The van der Waals surface area contributed by atoms with E-state index in [1.165, 1.54) is 31.2 Å². The summed E-state index contributed by atoms with van der Waals surface area (Å²) in [4.78, 5) is 37.1. The highest BCUT2D eigenvalue weighted by atomic mass is 16.2. The van der Waals surface area contributed by atoms with E-state index in [1.807, 2.05) is 30.6 Å². The number of rotatable bonds is 8. The molecule has 1 saturated carbocycles. The lowest BCUT2D eigenvalue weighted by atomic mass is 9.98. The number of anilines is 1. The SMILES string of the molecule is CC1CCN(Cc2cncc(-c3ccc4[nH]nc(C(=O)Nc5ccc(C(=O)CC6CCCC6)nc5)c4c3)c2)CC1. The van der Waals surface area contributed by atoms with Gasteiger partial charge in [0.25, 0.3) is 5.91 Å². The molecule has 8 heteroatoms. The molecule has 1 amide bonds. The molecule has 8 nitrogen and oxygen atoms in total. The predicted octanol–water partition coefficient (Wildman–Crippen LogP) is 6.27. The number of hydrogen-bond acceptors (Lipinski definition) is 6. The Hall–Kier alpha value is -3.91. The van der Waals surface area contributed by atoms with Crippen molar-refractivity contribution in [3.63, 3.8) is 0 Å². The number of likely N-dealkylation sites (tertiary alicyclic amines) is 1. The largest absolute Gasteiger partial charge is 0.319 e. The van der Waals surface area contributed by atoms with Crippen LogP contribution in [0.25, 0.3) is 22.0 Å². The predicted molar refractivity (Wildman–Crippen MR) is 156 cm³/mol. The Kier molecular flexibility index (Phi) is 7.68. The molecule has 0 unspecified atom stereocenters. The first-order valence-electron chi connectivity index (χ1n) is 14.5. The van der Waals surface area contributed by atoms with Gasteiger partial charge in [0.05, 0.1) is 17.4 Å². The number of hydrogen-bond donors (Lipinski definition) is 2. The Morgan fingerprint density at radius 3 is 2.58 bits per heavy atom. The number of H-pyrrole nitrogens is 1. The van der Waals surface area contributed by atoms with Gasteiger partial charge in [-0.1, -0.05) is 38.7 Å². The number of Topliss-reactive ketones (excluding diaryl/α,β-unsaturated/α-hetero) is 1. The number of fused-ring (bicyclic) bond motifs is 1. The third-order valence-corrected chi connectivity index (χ3v) is 8.44. The van der Waals surface area contributed by atoms with Crippen LogP contribution in [0.15, 0.2) is 55.0 Å². The molecular formula is C32H36N6O2. The molecule has 1 aliphatic heterocycles. The molecule has 0 bridgehead atoms. The molecule has 2 N–H and O–H groups in total. The second-order valence-corrected chi connectivity index (χ2v) is 11.5. The van der Waals surface area contributed by atoms with Crippen molar-refractivity contribution in [1.82, 2.24) is 25.1 Å². The first-order chi connectivity index (χ1) is 19.5. The molecule has 206 valence electrons. The summed E-state index contributed by atoms with van der Waals surface area (Å²) in [5.74, 6) is 1.02. The van der Waals surface area contributed by atoms with Crippen molar-refractivity contribution in [2.24, 2.45) is 11.8 Å². The standard InChI is InChI=1S/C32H36N6O2/c1-21-10-12-38(13-11-21)20-23-14-25(18-33-17-23)24-6-8-28-27(16-24)31(37-36-28)32(40)35-26-7-9-29(34-19-26)30(39)15-22-4-2-3-5-22/h6-9,14,16-19,21-22H,2-5,10-13,15,20H2,1H3,(H,35,40)(H,36,37). The maximum Gasteiger partial charge on any atom is 0.276 e. The monoisotopic (exact) mass is 536 g/mol. The van der Waals surface area contributed by atoms with Crippen LogP contribution in [0.4, 0.5) is 5.69 Å². The number of aromatic nitrogens is 4. The van der Waals surface area contributed by atoms with Gasteiger partial charge < -0.3 is 5.32 Å². The first-order valence-corrected chi connectivity index (χ1v) is 14.5. The molecule has 3 aromatic heterocycles. The van der Waals surface area contributed by atoms with Crippen LogP contribution in [0.1, 0.15) is 78.4 Å². The molecule has 1 saturated heterocycles. The van der Waals surface area contributed by atoms with Gasteiger partial charge in [0, 0.05) is 36.3 Å². The molecular weight excluding hydrogens is 500 g/mol. The lowest BCUT2D eigenvalue weighted by molar-refractivity contribution is 0.0956. The molecule has 1 aliphatic carbocycles. The van der Waals surface area contributed by atoms with Crippen molar-refractivity contribution in [2.75, 3.05) is 18.4 Å². The van der Waals surface area contributed by atoms with E-state index in [4.69, 9.17) is 0 Å². The van der Waals surface area contributed by atoms with Crippen molar-refractivity contribution < 1.29 is 9.59 Å². The van der Waals surface area contributed by atoms with Gasteiger partial charge in [-0.3, -0.25) is 29.6 Å². The zero-order chi connectivity index (χ0) is 27.5. The fourth-order valence-corrected chi connectivity index (χ4v) is 5.98. The van der Waals surface area contributed by atoms with Crippen LogP contribution in [0, 0.1) is 11.8 Å². The number of benzene rings is 1. The second-order valence-electron chi connectivity index (χ2n) is 11.5. The number of pyridine rings is 2. The highest BCUT2D eigenvalue weighted by molar-refractivity contribution is 6.11. The van der Waals surface area contributed by atoms with Crippen LogP contribution in [0.3, 0.4) is 0 Å². The number of nitrogens with one attached hydrogen (secondary N) is 2. The van der Waals surface area contributed by atoms with Crippen LogP contribution < -0.4 is 5.32 Å². The Morgan fingerprint density at radius 1 is 0.975 bits per heavy atom. The minimum Gasteiger partial charge on any atom is -0.319 e. The van der Waals surface area contributed by atoms with E-state index in [-0.39, 0.29) is 11.7 Å². The quantitative estimate of drug-likeness (QED) is 0.257. The Morgan fingerprint density at radius 2 is 1.80 bits per heavy atom. The molecule has 4 heterocycles. The Bertz CT molecular complexity index is 1500. The fourth-order valence-electron chi connectivity index (χ4n) is 5.98. The van der Waals surface area contributed by atoms with E-state index in [0.717, 1.165) is 60.4 Å². The normalized spacial score (nSPS) is 16.9. The second kappa shape index (κ2) is 11.7. The van der Waals surface area contributed by atoms with E-state index in [1.54, 1.807) is 18.3 Å². The Labute approximate surface area is 234 Å². The average Bonchev–Trinajstić information content (AvgIpc) is 3.64. The summed E-state index contributed by atoms with van der Waals surface area (Å²) in [6.45, 7) is 5.47. The average molecular weight is 537 g/mol. The molecule has 2 aliphatic rings. The van der Waals surface area contributed by atoms with Gasteiger partial charge >= 0.3 is 0 Å². The minimum atomic E-state index is -0.332. The van der Waals surface area contributed by atoms with Crippen molar-refractivity contribution in [3.05, 3.63) is 71.9 Å². The lowest BCUT2D eigenvalue weighted by Crippen LogP contribution is -2.32. The summed E-state index contributed by atoms with van der Waals surface area (Å²) in [5, 5.41) is 10.9. The molecule has 0 atom stereocenters. The molecule has 1 aromatic carbocycles. The number of ketones is 1. The van der Waals surface area contributed by atoms with Gasteiger partial charge in [0.2, 0.25) is 0 Å².